The Kier molecular flexibility index (Phi) is 3.07. The normalized spacial score (nSPS) is 21.2. The van der Waals surface area contributed by atoms with E-state index in [1.165, 1.54) is 17.5 Å². The Balaban J connectivity index is 1.74. The van der Waals surface area contributed by atoms with Gasteiger partial charge in [0.15, 0.2) is 0 Å². The Labute approximate surface area is 113 Å². The first-order valence-corrected chi connectivity index (χ1v) is 6.72. The van der Waals surface area contributed by atoms with Crippen LogP contribution in [0.15, 0.2) is 48.5 Å². The highest BCUT2D eigenvalue weighted by atomic mass is 16.3. The first-order valence-electron chi connectivity index (χ1n) is 6.72. The fraction of sp³-hybridized carbons (Fsp3) is 0.250. The lowest BCUT2D eigenvalue weighted by Gasteiger charge is -2.04. The van der Waals surface area contributed by atoms with Gasteiger partial charge in [0.2, 0.25) is 0 Å². The summed E-state index contributed by atoms with van der Waals surface area (Å²) in [6, 6.07) is 15.8. The first-order chi connectivity index (χ1) is 9.15. The molecular weight excluding hydrogens is 235 g/mol. The maximum atomic E-state index is 9.50. The molecule has 0 aliphatic heterocycles. The number of phenolic OH excluding ortho intramolecular Hbond substituents is 1. The number of hydrogen-bond acceptors (Lipinski definition) is 2. The van der Waals surface area contributed by atoms with E-state index < -0.39 is 6.92 Å². The van der Waals surface area contributed by atoms with Crippen LogP contribution in [-0.4, -0.2) is 17.0 Å². The van der Waals surface area contributed by atoms with Crippen LogP contribution in [0.3, 0.4) is 0 Å². The molecule has 2 atom stereocenters. The quantitative estimate of drug-likeness (QED) is 0.824. The van der Waals surface area contributed by atoms with E-state index in [1.54, 1.807) is 19.0 Å². The minimum absolute atomic E-state index is 0.322. The summed E-state index contributed by atoms with van der Waals surface area (Å²) in [5.41, 5.74) is 3.59. The highest BCUT2D eigenvalue weighted by molar-refractivity contribution is 6.64. The van der Waals surface area contributed by atoms with Crippen LogP contribution in [0, 0.1) is 0 Å². The Bertz CT molecular complexity index is 560. The minimum Gasteiger partial charge on any atom is -0.508 e. The minimum atomic E-state index is -0.402. The topological polar surface area (TPSA) is 40.5 Å². The van der Waals surface area contributed by atoms with Crippen molar-refractivity contribution in [3.05, 3.63) is 59.7 Å². The third-order valence-corrected chi connectivity index (χ3v) is 3.96. The number of hydrogen-bond donors (Lipinski definition) is 2. The molecule has 0 spiro atoms. The smallest absolute Gasteiger partial charge is 0.320 e. The van der Waals surface area contributed by atoms with Crippen LogP contribution >= 0.6 is 0 Å². The van der Waals surface area contributed by atoms with Gasteiger partial charge in [-0.15, -0.1) is 0 Å². The Morgan fingerprint density at radius 2 is 1.37 bits per heavy atom. The monoisotopic (exact) mass is 252 g/mol. The Morgan fingerprint density at radius 1 is 0.895 bits per heavy atom. The zero-order valence-electron chi connectivity index (χ0n) is 11.0. The predicted molar refractivity (Wildman–Crippen MR) is 78.1 cm³/mol. The molecule has 0 bridgehead atoms. The molecular formula is C16H17BO2. The van der Waals surface area contributed by atoms with Gasteiger partial charge in [0.1, 0.15) is 5.75 Å². The molecule has 2 aromatic carbocycles. The summed E-state index contributed by atoms with van der Waals surface area (Å²) in [6.07, 6.45) is 1.17. The highest BCUT2D eigenvalue weighted by Gasteiger charge is 2.39. The van der Waals surface area contributed by atoms with Crippen LogP contribution in [0.5, 0.6) is 5.75 Å². The van der Waals surface area contributed by atoms with Crippen molar-refractivity contribution in [1.29, 1.82) is 0 Å². The van der Waals surface area contributed by atoms with Crippen molar-refractivity contribution in [1.82, 2.24) is 0 Å². The number of aromatic hydroxyl groups is 1. The molecule has 1 aliphatic carbocycles. The summed E-state index contributed by atoms with van der Waals surface area (Å²) in [5, 5.41) is 18.8. The molecule has 1 saturated carbocycles. The Morgan fingerprint density at radius 3 is 1.84 bits per heavy atom. The van der Waals surface area contributed by atoms with Crippen LogP contribution < -0.4 is 5.46 Å². The van der Waals surface area contributed by atoms with Gasteiger partial charge in [0, 0.05) is 0 Å². The molecule has 2 N–H and O–H groups in total. The molecule has 1 aliphatic rings. The average molecular weight is 252 g/mol. The van der Waals surface area contributed by atoms with Crippen molar-refractivity contribution in [2.24, 2.45) is 0 Å². The van der Waals surface area contributed by atoms with Crippen LogP contribution in [0.25, 0.3) is 0 Å². The molecule has 0 saturated heterocycles. The zero-order valence-corrected chi connectivity index (χ0v) is 11.0. The second-order valence-corrected chi connectivity index (χ2v) is 5.38. The molecule has 0 heterocycles. The van der Waals surface area contributed by atoms with Crippen molar-refractivity contribution < 1.29 is 10.1 Å². The lowest BCUT2D eigenvalue weighted by molar-refractivity contribution is 0.475. The van der Waals surface area contributed by atoms with Gasteiger partial charge >= 0.3 is 6.92 Å². The van der Waals surface area contributed by atoms with Crippen molar-refractivity contribution in [3.8, 4) is 5.75 Å². The predicted octanol–water partition coefficient (Wildman–Crippen LogP) is 2.48. The molecule has 2 aromatic rings. The number of benzene rings is 2. The second-order valence-electron chi connectivity index (χ2n) is 5.38. The molecule has 96 valence electrons. The second kappa shape index (κ2) is 4.74. The SMILES string of the molecule is CB(O)c1ccc(C2CC2c2ccc(O)cc2)cc1. The van der Waals surface area contributed by atoms with E-state index in [2.05, 4.69) is 12.1 Å². The maximum absolute atomic E-state index is 9.50. The van der Waals surface area contributed by atoms with Gasteiger partial charge in [-0.3, -0.25) is 0 Å². The lowest BCUT2D eigenvalue weighted by Crippen LogP contribution is -2.25. The van der Waals surface area contributed by atoms with Crippen LogP contribution in [-0.2, 0) is 0 Å². The summed E-state index contributed by atoms with van der Waals surface area (Å²) in [4.78, 5) is 0. The van der Waals surface area contributed by atoms with Crippen molar-refractivity contribution >= 4 is 12.4 Å². The van der Waals surface area contributed by atoms with Gasteiger partial charge < -0.3 is 10.1 Å². The maximum Gasteiger partial charge on any atom is 0.320 e. The third kappa shape index (κ3) is 2.52. The van der Waals surface area contributed by atoms with Crippen molar-refractivity contribution in [3.63, 3.8) is 0 Å². The van der Waals surface area contributed by atoms with Gasteiger partial charge in [0.25, 0.3) is 0 Å². The van der Waals surface area contributed by atoms with Crippen molar-refractivity contribution in [2.75, 3.05) is 0 Å². The van der Waals surface area contributed by atoms with E-state index in [0.717, 1.165) is 5.46 Å². The molecule has 2 unspecified atom stereocenters. The van der Waals surface area contributed by atoms with Gasteiger partial charge in [-0.2, -0.15) is 0 Å². The fourth-order valence-electron chi connectivity index (χ4n) is 2.68. The molecule has 19 heavy (non-hydrogen) atoms. The molecule has 2 nitrogen and oxygen atoms in total. The molecule has 3 rings (SSSR count). The summed E-state index contributed by atoms with van der Waals surface area (Å²) in [6.45, 7) is 1.38. The van der Waals surface area contributed by atoms with Gasteiger partial charge in [0.05, 0.1) is 0 Å². The summed E-state index contributed by atoms with van der Waals surface area (Å²) in [5.74, 6) is 1.47. The number of rotatable bonds is 3. The van der Waals surface area contributed by atoms with Gasteiger partial charge in [-0.25, -0.2) is 0 Å². The van der Waals surface area contributed by atoms with E-state index in [0.29, 0.717) is 17.6 Å². The van der Waals surface area contributed by atoms with Crippen LogP contribution in [0.4, 0.5) is 0 Å². The Hall–Kier alpha value is -1.74. The van der Waals surface area contributed by atoms with Gasteiger partial charge in [-0.1, -0.05) is 43.2 Å². The third-order valence-electron chi connectivity index (χ3n) is 3.96. The standard InChI is InChI=1S/C16H17BO2/c1-17(19)13-6-2-11(3-7-13)15-10-16(15)12-4-8-14(18)9-5-12/h2-9,15-16,18-19H,10H2,1H3. The van der Waals surface area contributed by atoms with E-state index >= 15 is 0 Å². The first kappa shape index (κ1) is 12.3. The van der Waals surface area contributed by atoms with Gasteiger partial charge in [-0.05, 0) is 47.0 Å². The lowest BCUT2D eigenvalue weighted by atomic mass is 9.64. The largest absolute Gasteiger partial charge is 0.508 e. The fourth-order valence-corrected chi connectivity index (χ4v) is 2.68. The number of phenols is 1. The van der Waals surface area contributed by atoms with Crippen LogP contribution in [0.1, 0.15) is 29.4 Å². The summed E-state index contributed by atoms with van der Waals surface area (Å²) >= 11 is 0. The molecule has 3 heteroatoms. The van der Waals surface area contributed by atoms with E-state index in [4.69, 9.17) is 0 Å². The molecule has 0 aromatic heterocycles. The summed E-state index contributed by atoms with van der Waals surface area (Å²) in [7, 11) is 0. The molecule has 0 radical (unpaired) electrons. The van der Waals surface area contributed by atoms with E-state index in [-0.39, 0.29) is 0 Å². The van der Waals surface area contributed by atoms with Crippen molar-refractivity contribution in [2.45, 2.75) is 25.1 Å². The highest BCUT2D eigenvalue weighted by Crippen LogP contribution is 2.54. The molecule has 0 amide bonds. The average Bonchev–Trinajstić information content (AvgIpc) is 3.20. The molecule has 1 fully saturated rings. The van der Waals surface area contributed by atoms with E-state index in [9.17, 15) is 10.1 Å². The van der Waals surface area contributed by atoms with Crippen LogP contribution in [0.2, 0.25) is 6.82 Å². The summed E-state index contributed by atoms with van der Waals surface area (Å²) < 4.78 is 0. The zero-order chi connectivity index (χ0) is 13.4. The van der Waals surface area contributed by atoms with E-state index in [1.807, 2.05) is 24.3 Å².